The highest BCUT2D eigenvalue weighted by Gasteiger charge is 2.40. The van der Waals surface area contributed by atoms with E-state index >= 15 is 0 Å². The second-order valence-corrected chi connectivity index (χ2v) is 10.6. The molecule has 1 N–H and O–H groups in total. The van der Waals surface area contributed by atoms with Crippen molar-refractivity contribution >= 4 is 21.6 Å². The molecule has 0 amide bonds. The Bertz CT molecular complexity index is 734. The molecule has 4 fully saturated rings. The summed E-state index contributed by atoms with van der Waals surface area (Å²) >= 11 is 5.86. The quantitative estimate of drug-likeness (QED) is 0.782. The Labute approximate surface area is 168 Å². The third-order valence-corrected chi connectivity index (χ3v) is 8.28. The van der Waals surface area contributed by atoms with E-state index in [2.05, 4.69) is 14.5 Å². The van der Waals surface area contributed by atoms with Gasteiger partial charge in [-0.2, -0.15) is 0 Å². The molecule has 0 aliphatic carbocycles. The standard InChI is InChI=1S/C20H30ClN3O2S/c21-18-4-6-20(7-5-18)27(25,26)22-13-19-12-16-8-11-24(19)15-17(16)14-23-9-2-1-3-10-23/h4-7,16-17,19,22H,1-3,8-15H2. The summed E-state index contributed by atoms with van der Waals surface area (Å²) in [6.45, 7) is 6.46. The van der Waals surface area contributed by atoms with Crippen LogP contribution in [-0.4, -0.2) is 63.5 Å². The molecule has 4 aliphatic rings. The minimum atomic E-state index is -3.47. The van der Waals surface area contributed by atoms with E-state index in [0.29, 0.717) is 17.6 Å². The zero-order valence-electron chi connectivity index (χ0n) is 15.8. The predicted molar refractivity (Wildman–Crippen MR) is 109 cm³/mol. The lowest BCUT2D eigenvalue weighted by Crippen LogP contribution is -2.58. The molecular formula is C20H30ClN3O2S. The molecule has 4 aliphatic heterocycles. The summed E-state index contributed by atoms with van der Waals surface area (Å²) in [4.78, 5) is 5.44. The molecular weight excluding hydrogens is 382 g/mol. The highest BCUT2D eigenvalue weighted by atomic mass is 35.5. The Morgan fingerprint density at radius 2 is 1.81 bits per heavy atom. The Hall–Kier alpha value is -0.660. The molecule has 150 valence electrons. The Morgan fingerprint density at radius 3 is 2.48 bits per heavy atom. The summed E-state index contributed by atoms with van der Waals surface area (Å²) in [6.07, 6.45) is 6.44. The number of sulfonamides is 1. The normalized spacial score (nSPS) is 31.9. The van der Waals surface area contributed by atoms with Gasteiger partial charge in [-0.25, -0.2) is 13.1 Å². The van der Waals surface area contributed by atoms with Gasteiger partial charge in [0.2, 0.25) is 10.0 Å². The number of halogens is 1. The molecule has 5 nitrogen and oxygen atoms in total. The third kappa shape index (κ3) is 4.67. The molecule has 4 unspecified atom stereocenters. The van der Waals surface area contributed by atoms with Crippen LogP contribution in [0.1, 0.15) is 32.1 Å². The van der Waals surface area contributed by atoms with Gasteiger partial charge in [0.05, 0.1) is 4.90 Å². The third-order valence-electron chi connectivity index (χ3n) is 6.59. The van der Waals surface area contributed by atoms with E-state index in [1.807, 2.05) is 0 Å². The average molecular weight is 412 g/mol. The molecule has 0 aromatic heterocycles. The van der Waals surface area contributed by atoms with Gasteiger partial charge in [0, 0.05) is 30.7 Å². The highest BCUT2D eigenvalue weighted by molar-refractivity contribution is 7.89. The molecule has 7 heteroatoms. The summed E-state index contributed by atoms with van der Waals surface area (Å²) in [5, 5.41) is 0.546. The summed E-state index contributed by atoms with van der Waals surface area (Å²) < 4.78 is 27.9. The van der Waals surface area contributed by atoms with E-state index in [1.165, 1.54) is 45.3 Å². The monoisotopic (exact) mass is 411 g/mol. The molecule has 0 saturated carbocycles. The molecule has 1 aromatic carbocycles. The van der Waals surface area contributed by atoms with Crippen molar-refractivity contribution in [2.45, 2.75) is 43.0 Å². The van der Waals surface area contributed by atoms with Crippen LogP contribution in [0.3, 0.4) is 0 Å². The molecule has 0 spiro atoms. The second-order valence-electron chi connectivity index (χ2n) is 8.36. The summed E-state index contributed by atoms with van der Waals surface area (Å²) in [5.74, 6) is 1.49. The van der Waals surface area contributed by atoms with Gasteiger partial charge in [0.25, 0.3) is 0 Å². The van der Waals surface area contributed by atoms with Gasteiger partial charge in [0.1, 0.15) is 0 Å². The van der Waals surface area contributed by atoms with E-state index in [4.69, 9.17) is 11.6 Å². The van der Waals surface area contributed by atoms with Crippen molar-refractivity contribution in [1.82, 2.24) is 14.5 Å². The number of nitrogens with zero attached hydrogens (tertiary/aromatic N) is 2. The molecule has 4 heterocycles. The van der Waals surface area contributed by atoms with Crippen LogP contribution in [0.25, 0.3) is 0 Å². The molecule has 0 radical (unpaired) electrons. The number of rotatable bonds is 6. The number of fused-ring (bicyclic) bond motifs is 3. The Morgan fingerprint density at radius 1 is 1.07 bits per heavy atom. The first-order valence-corrected chi connectivity index (χ1v) is 12.1. The van der Waals surface area contributed by atoms with Crippen molar-refractivity contribution in [3.63, 3.8) is 0 Å². The Balaban J connectivity index is 1.32. The van der Waals surface area contributed by atoms with E-state index in [9.17, 15) is 8.42 Å². The van der Waals surface area contributed by atoms with Crippen molar-refractivity contribution in [2.24, 2.45) is 11.8 Å². The van der Waals surface area contributed by atoms with E-state index in [1.54, 1.807) is 24.3 Å². The maximum absolute atomic E-state index is 12.5. The van der Waals surface area contributed by atoms with Crippen LogP contribution < -0.4 is 4.72 Å². The van der Waals surface area contributed by atoms with E-state index < -0.39 is 10.0 Å². The number of benzene rings is 1. The first-order chi connectivity index (χ1) is 13.0. The zero-order chi connectivity index (χ0) is 18.9. The SMILES string of the molecule is O=S(=O)(NCC1CC2CCN1CC2CN1CCCCC1)c1ccc(Cl)cc1. The number of hydrogen-bond donors (Lipinski definition) is 1. The minimum Gasteiger partial charge on any atom is -0.303 e. The average Bonchev–Trinajstić information content (AvgIpc) is 2.68. The van der Waals surface area contributed by atoms with Crippen LogP contribution in [0.5, 0.6) is 0 Å². The van der Waals surface area contributed by atoms with Crippen molar-refractivity contribution in [2.75, 3.05) is 39.3 Å². The van der Waals surface area contributed by atoms with Crippen molar-refractivity contribution < 1.29 is 8.42 Å². The minimum absolute atomic E-state index is 0.283. The number of hydrogen-bond acceptors (Lipinski definition) is 4. The fraction of sp³-hybridized carbons (Fsp3) is 0.700. The summed E-state index contributed by atoms with van der Waals surface area (Å²) in [5.41, 5.74) is 0. The molecule has 27 heavy (non-hydrogen) atoms. The van der Waals surface area contributed by atoms with Crippen molar-refractivity contribution in [3.05, 3.63) is 29.3 Å². The van der Waals surface area contributed by atoms with Gasteiger partial charge >= 0.3 is 0 Å². The molecule has 5 rings (SSSR count). The van der Waals surface area contributed by atoms with Crippen LogP contribution in [0.2, 0.25) is 5.02 Å². The van der Waals surface area contributed by atoms with E-state index in [-0.39, 0.29) is 4.90 Å². The molecule has 2 bridgehead atoms. The van der Waals surface area contributed by atoms with E-state index in [0.717, 1.165) is 31.3 Å². The number of piperidine rings is 4. The van der Waals surface area contributed by atoms with Gasteiger partial charge < -0.3 is 4.90 Å². The first-order valence-electron chi connectivity index (χ1n) is 10.2. The molecule has 4 atom stereocenters. The number of nitrogens with one attached hydrogen (secondary N) is 1. The lowest BCUT2D eigenvalue weighted by Gasteiger charge is -2.51. The summed E-state index contributed by atoms with van der Waals surface area (Å²) in [6, 6.07) is 6.68. The van der Waals surface area contributed by atoms with Crippen LogP contribution in [0.4, 0.5) is 0 Å². The van der Waals surface area contributed by atoms with Crippen molar-refractivity contribution in [3.8, 4) is 0 Å². The molecule has 1 aromatic rings. The largest absolute Gasteiger partial charge is 0.303 e. The van der Waals surface area contributed by atoms with Gasteiger partial charge in [-0.15, -0.1) is 0 Å². The fourth-order valence-electron chi connectivity index (χ4n) is 5.05. The maximum Gasteiger partial charge on any atom is 0.240 e. The fourth-order valence-corrected chi connectivity index (χ4v) is 6.24. The smallest absolute Gasteiger partial charge is 0.240 e. The van der Waals surface area contributed by atoms with Crippen molar-refractivity contribution in [1.29, 1.82) is 0 Å². The Kier molecular flexibility index (Phi) is 6.09. The van der Waals surface area contributed by atoms with Crippen LogP contribution in [0.15, 0.2) is 29.2 Å². The maximum atomic E-state index is 12.5. The van der Waals surface area contributed by atoms with Crippen LogP contribution in [0, 0.1) is 11.8 Å². The van der Waals surface area contributed by atoms with Gasteiger partial charge in [-0.1, -0.05) is 18.0 Å². The van der Waals surface area contributed by atoms with Crippen LogP contribution in [-0.2, 0) is 10.0 Å². The molecule has 4 saturated heterocycles. The van der Waals surface area contributed by atoms with Crippen LogP contribution >= 0.6 is 11.6 Å². The lowest BCUT2D eigenvalue weighted by molar-refractivity contribution is -0.0122. The topological polar surface area (TPSA) is 52.7 Å². The zero-order valence-corrected chi connectivity index (χ0v) is 17.4. The van der Waals surface area contributed by atoms with Gasteiger partial charge in [0.15, 0.2) is 0 Å². The predicted octanol–water partition coefficient (Wildman–Crippen LogP) is 2.81. The lowest BCUT2D eigenvalue weighted by atomic mass is 9.75. The highest BCUT2D eigenvalue weighted by Crippen LogP contribution is 2.37. The van der Waals surface area contributed by atoms with Gasteiger partial charge in [-0.3, -0.25) is 4.90 Å². The number of likely N-dealkylation sites (tertiary alicyclic amines) is 1. The summed E-state index contributed by atoms with van der Waals surface area (Å²) in [7, 11) is -3.47. The van der Waals surface area contributed by atoms with Gasteiger partial charge in [-0.05, 0) is 81.4 Å². The first kappa shape index (κ1) is 19.6. The second kappa shape index (κ2) is 8.37.